The summed E-state index contributed by atoms with van der Waals surface area (Å²) in [5.41, 5.74) is 3.68. The van der Waals surface area contributed by atoms with E-state index in [1.54, 1.807) is 19.1 Å². The summed E-state index contributed by atoms with van der Waals surface area (Å²) in [7, 11) is 4.50. The lowest BCUT2D eigenvalue weighted by atomic mass is 10.1. The second-order valence-corrected chi connectivity index (χ2v) is 5.76. The summed E-state index contributed by atoms with van der Waals surface area (Å²) < 4.78 is 15.7. The largest absolute Gasteiger partial charge is 0.493 e. The van der Waals surface area contributed by atoms with E-state index in [1.165, 1.54) is 27.5 Å². The van der Waals surface area contributed by atoms with Gasteiger partial charge < -0.3 is 19.5 Å². The van der Waals surface area contributed by atoms with Crippen molar-refractivity contribution in [2.24, 2.45) is 5.10 Å². The number of carbonyl (C=O) groups is 2. The van der Waals surface area contributed by atoms with Crippen LogP contribution >= 0.6 is 0 Å². The Bertz CT molecular complexity index is 827. The summed E-state index contributed by atoms with van der Waals surface area (Å²) in [6, 6.07) is 12.3. The van der Waals surface area contributed by atoms with E-state index in [-0.39, 0.29) is 6.04 Å². The number of nitrogens with zero attached hydrogens (tertiary/aromatic N) is 1. The highest BCUT2D eigenvalue weighted by Crippen LogP contribution is 2.37. The third kappa shape index (κ3) is 5.23. The van der Waals surface area contributed by atoms with Gasteiger partial charge in [-0.1, -0.05) is 30.3 Å². The van der Waals surface area contributed by atoms with E-state index in [4.69, 9.17) is 14.2 Å². The highest BCUT2D eigenvalue weighted by atomic mass is 16.5. The molecule has 8 nitrogen and oxygen atoms in total. The zero-order chi connectivity index (χ0) is 20.5. The van der Waals surface area contributed by atoms with Crippen molar-refractivity contribution in [3.8, 4) is 17.2 Å². The molecular formula is C20H23N3O5. The molecule has 0 fully saturated rings. The SMILES string of the molecule is COc1cc(C=NNC(=O)C(=O)N[C@@H](C)c2ccccc2)cc(OC)c1OC. The topological polar surface area (TPSA) is 98.2 Å². The molecule has 2 amide bonds. The van der Waals surface area contributed by atoms with Crippen LogP contribution in [0.2, 0.25) is 0 Å². The maximum absolute atomic E-state index is 12.0. The summed E-state index contributed by atoms with van der Waals surface area (Å²) in [6.07, 6.45) is 1.37. The van der Waals surface area contributed by atoms with Gasteiger partial charge in [0.15, 0.2) is 11.5 Å². The van der Waals surface area contributed by atoms with Gasteiger partial charge in [0.05, 0.1) is 33.6 Å². The van der Waals surface area contributed by atoms with E-state index in [0.29, 0.717) is 22.8 Å². The number of hydrogen-bond donors (Lipinski definition) is 2. The second kappa shape index (κ2) is 9.96. The van der Waals surface area contributed by atoms with Crippen LogP contribution in [-0.4, -0.2) is 39.4 Å². The maximum atomic E-state index is 12.0. The molecule has 0 saturated heterocycles. The highest BCUT2D eigenvalue weighted by molar-refractivity contribution is 6.35. The Morgan fingerprint density at radius 2 is 1.57 bits per heavy atom. The summed E-state index contributed by atoms with van der Waals surface area (Å²) in [6.45, 7) is 1.79. The summed E-state index contributed by atoms with van der Waals surface area (Å²) in [5.74, 6) is -0.307. The molecule has 2 aromatic rings. The van der Waals surface area contributed by atoms with Gasteiger partial charge in [-0.25, -0.2) is 5.43 Å². The van der Waals surface area contributed by atoms with Gasteiger partial charge in [-0.05, 0) is 24.6 Å². The second-order valence-electron chi connectivity index (χ2n) is 5.76. The van der Waals surface area contributed by atoms with Crippen molar-refractivity contribution in [3.63, 3.8) is 0 Å². The number of ether oxygens (including phenoxy) is 3. The Morgan fingerprint density at radius 3 is 2.11 bits per heavy atom. The zero-order valence-corrected chi connectivity index (χ0v) is 16.2. The molecule has 0 aromatic heterocycles. The minimum absolute atomic E-state index is 0.307. The fraction of sp³-hybridized carbons (Fsp3) is 0.250. The number of benzene rings is 2. The van der Waals surface area contributed by atoms with Crippen molar-refractivity contribution >= 4 is 18.0 Å². The van der Waals surface area contributed by atoms with Crippen molar-refractivity contribution in [2.45, 2.75) is 13.0 Å². The first-order valence-electron chi connectivity index (χ1n) is 8.49. The van der Waals surface area contributed by atoms with Gasteiger partial charge in [0, 0.05) is 5.56 Å². The van der Waals surface area contributed by atoms with Gasteiger partial charge in [0.2, 0.25) is 5.75 Å². The molecule has 0 aliphatic carbocycles. The Labute approximate surface area is 163 Å². The summed E-state index contributed by atoms with van der Waals surface area (Å²) in [4.78, 5) is 23.9. The van der Waals surface area contributed by atoms with Gasteiger partial charge in [-0.2, -0.15) is 5.10 Å². The molecular weight excluding hydrogens is 362 g/mol. The fourth-order valence-electron chi connectivity index (χ4n) is 2.48. The van der Waals surface area contributed by atoms with Crippen LogP contribution in [0, 0.1) is 0 Å². The van der Waals surface area contributed by atoms with Crippen LogP contribution in [0.25, 0.3) is 0 Å². The van der Waals surface area contributed by atoms with Crippen LogP contribution in [0.5, 0.6) is 17.2 Å². The number of methoxy groups -OCH3 is 3. The summed E-state index contributed by atoms with van der Waals surface area (Å²) in [5, 5.41) is 6.43. The quantitative estimate of drug-likeness (QED) is 0.432. The molecule has 0 aliphatic heterocycles. The lowest BCUT2D eigenvalue weighted by Gasteiger charge is -2.13. The molecule has 1 atom stereocenters. The lowest BCUT2D eigenvalue weighted by Crippen LogP contribution is -2.39. The molecule has 2 aromatic carbocycles. The molecule has 0 spiro atoms. The van der Waals surface area contributed by atoms with Crippen molar-refractivity contribution in [1.82, 2.24) is 10.7 Å². The van der Waals surface area contributed by atoms with Gasteiger partial charge in [0.1, 0.15) is 0 Å². The first kappa shape index (κ1) is 20.8. The van der Waals surface area contributed by atoms with Gasteiger partial charge in [-0.15, -0.1) is 0 Å². The molecule has 0 heterocycles. The molecule has 0 unspecified atom stereocenters. The molecule has 0 aliphatic rings. The average Bonchev–Trinajstić information content (AvgIpc) is 2.73. The maximum Gasteiger partial charge on any atom is 0.329 e. The highest BCUT2D eigenvalue weighted by Gasteiger charge is 2.16. The Balaban J connectivity index is 2.00. The first-order chi connectivity index (χ1) is 13.5. The van der Waals surface area contributed by atoms with Crippen LogP contribution in [0.3, 0.4) is 0 Å². The van der Waals surface area contributed by atoms with E-state index < -0.39 is 11.8 Å². The van der Waals surface area contributed by atoms with E-state index in [0.717, 1.165) is 5.56 Å². The molecule has 2 N–H and O–H groups in total. The summed E-state index contributed by atoms with van der Waals surface area (Å²) >= 11 is 0. The number of hydrazone groups is 1. The minimum atomic E-state index is -0.869. The van der Waals surface area contributed by atoms with Crippen molar-refractivity contribution in [1.29, 1.82) is 0 Å². The zero-order valence-electron chi connectivity index (χ0n) is 16.2. The van der Waals surface area contributed by atoms with E-state index in [9.17, 15) is 9.59 Å². The van der Waals surface area contributed by atoms with Crippen molar-refractivity contribution in [3.05, 3.63) is 53.6 Å². The molecule has 0 radical (unpaired) electrons. The van der Waals surface area contributed by atoms with Gasteiger partial charge in [-0.3, -0.25) is 9.59 Å². The monoisotopic (exact) mass is 385 g/mol. The van der Waals surface area contributed by atoms with Crippen LogP contribution < -0.4 is 25.0 Å². The third-order valence-electron chi connectivity index (χ3n) is 3.92. The Hall–Kier alpha value is -3.55. The van der Waals surface area contributed by atoms with Gasteiger partial charge in [0.25, 0.3) is 0 Å². The number of nitrogens with one attached hydrogen (secondary N) is 2. The number of hydrogen-bond acceptors (Lipinski definition) is 6. The van der Waals surface area contributed by atoms with Crippen molar-refractivity contribution in [2.75, 3.05) is 21.3 Å². The first-order valence-corrected chi connectivity index (χ1v) is 8.49. The standard InChI is InChI=1S/C20H23N3O5/c1-13(15-8-6-5-7-9-15)22-19(24)20(25)23-21-12-14-10-16(26-2)18(28-4)17(11-14)27-3/h5-13H,1-4H3,(H,22,24)(H,23,25)/t13-/m0/s1. The fourth-order valence-corrected chi connectivity index (χ4v) is 2.48. The van der Waals surface area contributed by atoms with Crippen LogP contribution in [0.1, 0.15) is 24.1 Å². The van der Waals surface area contributed by atoms with E-state index in [1.807, 2.05) is 30.3 Å². The van der Waals surface area contributed by atoms with E-state index in [2.05, 4.69) is 15.8 Å². The van der Waals surface area contributed by atoms with Crippen LogP contribution in [0.4, 0.5) is 0 Å². The number of carbonyl (C=O) groups excluding carboxylic acids is 2. The van der Waals surface area contributed by atoms with Gasteiger partial charge >= 0.3 is 11.8 Å². The minimum Gasteiger partial charge on any atom is -0.493 e. The third-order valence-corrected chi connectivity index (χ3v) is 3.92. The van der Waals surface area contributed by atoms with E-state index >= 15 is 0 Å². The molecule has 8 heteroatoms. The molecule has 0 saturated carbocycles. The smallest absolute Gasteiger partial charge is 0.329 e. The lowest BCUT2D eigenvalue weighted by molar-refractivity contribution is -0.139. The van der Waals surface area contributed by atoms with Crippen LogP contribution in [0.15, 0.2) is 47.6 Å². The van der Waals surface area contributed by atoms with Crippen LogP contribution in [-0.2, 0) is 9.59 Å². The molecule has 2 rings (SSSR count). The molecule has 0 bridgehead atoms. The average molecular weight is 385 g/mol. The van der Waals surface area contributed by atoms with Crippen molar-refractivity contribution < 1.29 is 23.8 Å². The Kier molecular flexibility index (Phi) is 7.38. The molecule has 28 heavy (non-hydrogen) atoms. The molecule has 148 valence electrons. The normalized spacial score (nSPS) is 11.6. The number of amides is 2. The Morgan fingerprint density at radius 1 is 0.964 bits per heavy atom. The predicted molar refractivity (Wildman–Crippen MR) is 105 cm³/mol. The number of rotatable bonds is 7. The predicted octanol–water partition coefficient (Wildman–Crippen LogP) is 2.04.